The van der Waals surface area contributed by atoms with Crippen molar-refractivity contribution in [2.75, 3.05) is 26.4 Å². The number of phosphoric acid groups is 1. The predicted octanol–water partition coefficient (Wildman–Crippen LogP) is 13.8. The van der Waals surface area contributed by atoms with Gasteiger partial charge >= 0.3 is 19.8 Å². The van der Waals surface area contributed by atoms with Gasteiger partial charge in [-0.05, 0) is 77.0 Å². The predicted molar refractivity (Wildman–Crippen MR) is 247 cm³/mol. The van der Waals surface area contributed by atoms with E-state index in [4.69, 9.17) is 24.3 Å². The zero-order valence-corrected chi connectivity index (χ0v) is 38.4. The molecule has 0 aromatic rings. The Kier molecular flexibility index (Phi) is 43.0. The van der Waals surface area contributed by atoms with Gasteiger partial charge in [-0.1, -0.05) is 177 Å². The first-order chi connectivity index (χ1) is 28.8. The third kappa shape index (κ3) is 44.8. The number of rotatable bonds is 43. The molecule has 10 heteroatoms. The summed E-state index contributed by atoms with van der Waals surface area (Å²) in [5.74, 6) is -0.929. The largest absolute Gasteiger partial charge is 0.472 e. The van der Waals surface area contributed by atoms with Gasteiger partial charge in [0.15, 0.2) is 6.10 Å². The molecule has 0 rings (SSSR count). The molecule has 0 fully saturated rings. The van der Waals surface area contributed by atoms with Crippen LogP contribution in [0.3, 0.4) is 0 Å². The molecule has 59 heavy (non-hydrogen) atoms. The van der Waals surface area contributed by atoms with Gasteiger partial charge in [-0.3, -0.25) is 18.6 Å². The molecule has 0 aromatic carbocycles. The van der Waals surface area contributed by atoms with Gasteiger partial charge in [0.05, 0.1) is 13.2 Å². The van der Waals surface area contributed by atoms with Gasteiger partial charge in [0, 0.05) is 19.4 Å². The van der Waals surface area contributed by atoms with E-state index in [2.05, 4.69) is 74.6 Å². The number of nitrogens with two attached hydrogens (primary N) is 1. The van der Waals surface area contributed by atoms with Crippen LogP contribution in [0.4, 0.5) is 0 Å². The first kappa shape index (κ1) is 56.5. The standard InChI is InChI=1S/C49H86NO8P/c1-3-5-7-9-11-13-15-17-19-21-23-25-27-29-31-33-35-37-39-41-48(51)55-45-47(46-57-59(53,54)56-44-43-50)58-49(52)42-40-38-36-34-32-30-28-26-24-22-20-18-16-14-12-10-8-6-4-2/h12,14,17-20,24,26,30,32,36,38,47H,3-11,13,15-16,21-23,25,27-29,31,33-35,37,39-46,50H2,1-2H3,(H,53,54). The van der Waals surface area contributed by atoms with Crippen LogP contribution in [0.15, 0.2) is 72.9 Å². The summed E-state index contributed by atoms with van der Waals surface area (Å²) in [5.41, 5.74) is 5.35. The number of carbonyl (C=O) groups excluding carboxylic acids is 2. The molecule has 0 saturated heterocycles. The number of ether oxygens (including phenoxy) is 2. The highest BCUT2D eigenvalue weighted by atomic mass is 31.2. The van der Waals surface area contributed by atoms with E-state index in [9.17, 15) is 19.0 Å². The molecule has 0 saturated carbocycles. The van der Waals surface area contributed by atoms with E-state index in [0.717, 1.165) is 51.4 Å². The second kappa shape index (κ2) is 45.0. The maximum Gasteiger partial charge on any atom is 0.472 e. The van der Waals surface area contributed by atoms with Gasteiger partial charge in [-0.15, -0.1) is 0 Å². The summed E-state index contributed by atoms with van der Waals surface area (Å²) < 4.78 is 32.7. The molecule has 3 N–H and O–H groups in total. The fourth-order valence-electron chi connectivity index (χ4n) is 6.08. The Morgan fingerprint density at radius 2 is 0.915 bits per heavy atom. The summed E-state index contributed by atoms with van der Waals surface area (Å²) in [5, 5.41) is 0. The van der Waals surface area contributed by atoms with Crippen LogP contribution in [0.2, 0.25) is 0 Å². The molecule has 0 bridgehead atoms. The van der Waals surface area contributed by atoms with Gasteiger partial charge in [-0.2, -0.15) is 0 Å². The summed E-state index contributed by atoms with van der Waals surface area (Å²) in [7, 11) is -4.40. The van der Waals surface area contributed by atoms with E-state index < -0.39 is 32.5 Å². The minimum absolute atomic E-state index is 0.0390. The lowest BCUT2D eigenvalue weighted by atomic mass is 10.1. The quantitative estimate of drug-likeness (QED) is 0.0266. The fraction of sp³-hybridized carbons (Fsp3) is 0.714. The van der Waals surface area contributed by atoms with Crippen LogP contribution in [-0.4, -0.2) is 49.3 Å². The van der Waals surface area contributed by atoms with Crippen LogP contribution in [0.5, 0.6) is 0 Å². The molecule has 2 unspecified atom stereocenters. The Labute approximate surface area is 361 Å². The van der Waals surface area contributed by atoms with Crippen molar-refractivity contribution in [3.8, 4) is 0 Å². The SMILES string of the molecule is CCCCCC=CCC=CCC=CCC=CCC=CCCC(=O)OC(COC(=O)CCCCCCCCCCCC=CCCCCCCCC)COP(=O)(O)OCCN. The van der Waals surface area contributed by atoms with Gasteiger partial charge in [0.1, 0.15) is 6.61 Å². The van der Waals surface area contributed by atoms with Crippen LogP contribution in [0.25, 0.3) is 0 Å². The number of hydrogen-bond donors (Lipinski definition) is 2. The Morgan fingerprint density at radius 1 is 0.508 bits per heavy atom. The second-order valence-corrected chi connectivity index (χ2v) is 16.7. The van der Waals surface area contributed by atoms with Gasteiger partial charge < -0.3 is 20.1 Å². The highest BCUT2D eigenvalue weighted by Gasteiger charge is 2.25. The maximum atomic E-state index is 12.6. The number of hydrogen-bond acceptors (Lipinski definition) is 8. The minimum Gasteiger partial charge on any atom is -0.462 e. The molecule has 340 valence electrons. The average Bonchev–Trinajstić information content (AvgIpc) is 3.22. The minimum atomic E-state index is -4.40. The molecule has 0 radical (unpaired) electrons. The highest BCUT2D eigenvalue weighted by Crippen LogP contribution is 2.43. The van der Waals surface area contributed by atoms with Gasteiger partial charge in [0.2, 0.25) is 0 Å². The monoisotopic (exact) mass is 848 g/mol. The number of unbranched alkanes of at least 4 members (excludes halogenated alkanes) is 18. The first-order valence-electron chi connectivity index (χ1n) is 23.4. The van der Waals surface area contributed by atoms with Crippen molar-refractivity contribution in [2.24, 2.45) is 5.73 Å². The normalized spacial score (nSPS) is 13.9. The molecule has 2 atom stereocenters. The third-order valence-electron chi connectivity index (χ3n) is 9.58. The van der Waals surface area contributed by atoms with E-state index in [-0.39, 0.29) is 32.6 Å². The smallest absolute Gasteiger partial charge is 0.462 e. The molecule has 0 heterocycles. The summed E-state index contributed by atoms with van der Waals surface area (Å²) in [4.78, 5) is 34.9. The van der Waals surface area contributed by atoms with Crippen molar-refractivity contribution in [3.05, 3.63) is 72.9 Å². The van der Waals surface area contributed by atoms with E-state index in [0.29, 0.717) is 6.42 Å². The van der Waals surface area contributed by atoms with Crippen molar-refractivity contribution in [1.82, 2.24) is 0 Å². The molecule has 0 aromatic heterocycles. The molecule has 0 amide bonds. The lowest BCUT2D eigenvalue weighted by molar-refractivity contribution is -0.161. The lowest BCUT2D eigenvalue weighted by Crippen LogP contribution is -2.29. The molecule has 0 aliphatic carbocycles. The van der Waals surface area contributed by atoms with Crippen LogP contribution in [0, 0.1) is 0 Å². The van der Waals surface area contributed by atoms with Gasteiger partial charge in [0.25, 0.3) is 0 Å². The Hall–Kier alpha value is -2.55. The third-order valence-corrected chi connectivity index (χ3v) is 10.6. The van der Waals surface area contributed by atoms with Crippen LogP contribution < -0.4 is 5.73 Å². The first-order valence-corrected chi connectivity index (χ1v) is 24.9. The molecule has 9 nitrogen and oxygen atoms in total. The molecule has 0 spiro atoms. The topological polar surface area (TPSA) is 134 Å². The van der Waals surface area contributed by atoms with E-state index in [1.807, 2.05) is 12.2 Å². The number of phosphoric ester groups is 1. The van der Waals surface area contributed by atoms with E-state index in [1.54, 1.807) is 0 Å². The summed E-state index contributed by atoms with van der Waals surface area (Å²) in [6.45, 7) is 3.61. The molecule has 0 aliphatic heterocycles. The summed E-state index contributed by atoms with van der Waals surface area (Å²) in [6, 6.07) is 0. The van der Waals surface area contributed by atoms with Crippen molar-refractivity contribution in [1.29, 1.82) is 0 Å². The van der Waals surface area contributed by atoms with Crippen LogP contribution >= 0.6 is 7.82 Å². The number of carbonyl (C=O) groups is 2. The Bertz CT molecular complexity index is 1190. The van der Waals surface area contributed by atoms with Crippen molar-refractivity contribution >= 4 is 19.8 Å². The van der Waals surface area contributed by atoms with Crippen molar-refractivity contribution in [2.45, 2.75) is 200 Å². The van der Waals surface area contributed by atoms with Crippen molar-refractivity contribution < 1.29 is 37.6 Å². The Balaban J connectivity index is 4.23. The maximum absolute atomic E-state index is 12.6. The van der Waals surface area contributed by atoms with Crippen LogP contribution in [0.1, 0.15) is 194 Å². The molecular weight excluding hydrogens is 762 g/mol. The lowest BCUT2D eigenvalue weighted by Gasteiger charge is -2.19. The summed E-state index contributed by atoms with van der Waals surface area (Å²) in [6.07, 6.45) is 55.2. The highest BCUT2D eigenvalue weighted by molar-refractivity contribution is 7.47. The van der Waals surface area contributed by atoms with E-state index >= 15 is 0 Å². The van der Waals surface area contributed by atoms with Crippen LogP contribution in [-0.2, 0) is 32.7 Å². The zero-order valence-electron chi connectivity index (χ0n) is 37.5. The number of allylic oxidation sites excluding steroid dienone is 12. The number of esters is 2. The second-order valence-electron chi connectivity index (χ2n) is 15.3. The summed E-state index contributed by atoms with van der Waals surface area (Å²) >= 11 is 0. The molecule has 0 aliphatic rings. The Morgan fingerprint density at radius 3 is 1.42 bits per heavy atom. The molecular formula is C49H86NO8P. The fourth-order valence-corrected chi connectivity index (χ4v) is 6.85. The van der Waals surface area contributed by atoms with Gasteiger partial charge in [-0.25, -0.2) is 4.57 Å². The van der Waals surface area contributed by atoms with Crippen molar-refractivity contribution in [3.63, 3.8) is 0 Å². The van der Waals surface area contributed by atoms with E-state index in [1.165, 1.54) is 109 Å². The average molecular weight is 848 g/mol. The zero-order chi connectivity index (χ0) is 43.2.